The maximum Gasteiger partial charge on any atom is 0.235 e. The van der Waals surface area contributed by atoms with Crippen LogP contribution in [0.3, 0.4) is 0 Å². The summed E-state index contributed by atoms with van der Waals surface area (Å²) in [5.74, 6) is -0.287. The van der Waals surface area contributed by atoms with Crippen LogP contribution in [0.5, 0.6) is 0 Å². The molecule has 0 aliphatic carbocycles. The van der Waals surface area contributed by atoms with E-state index < -0.39 is 11.1 Å². The second-order valence-corrected chi connectivity index (χ2v) is 8.94. The first-order valence-corrected chi connectivity index (χ1v) is 10.3. The molecule has 1 aliphatic rings. The third-order valence-corrected chi connectivity index (χ3v) is 5.99. The molecule has 2 N–H and O–H groups in total. The number of rotatable bonds is 8. The SMILES string of the molecule is CC(C)C(C)(C#N)NC(=O)CN1CCCN(CC(=O)NC(C)(C#N)C(C)C)CC1. The fraction of sp³-hybridized carbons (Fsp3) is 0.810. The Balaban J connectivity index is 2.54. The van der Waals surface area contributed by atoms with E-state index in [2.05, 4.69) is 32.6 Å². The van der Waals surface area contributed by atoms with E-state index in [-0.39, 0.29) is 36.7 Å². The minimum absolute atomic E-state index is 0.0134. The summed E-state index contributed by atoms with van der Waals surface area (Å²) < 4.78 is 0. The highest BCUT2D eigenvalue weighted by Gasteiger charge is 2.32. The number of nitrogens with one attached hydrogen (secondary N) is 2. The van der Waals surface area contributed by atoms with Gasteiger partial charge in [-0.05, 0) is 45.2 Å². The highest BCUT2D eigenvalue weighted by Crippen LogP contribution is 2.16. The number of hydrogen-bond acceptors (Lipinski definition) is 6. The van der Waals surface area contributed by atoms with Gasteiger partial charge in [0.25, 0.3) is 0 Å². The first-order valence-electron chi connectivity index (χ1n) is 10.3. The van der Waals surface area contributed by atoms with Crippen LogP contribution in [0.15, 0.2) is 0 Å². The van der Waals surface area contributed by atoms with Crippen molar-refractivity contribution in [1.82, 2.24) is 20.4 Å². The molecule has 0 radical (unpaired) electrons. The van der Waals surface area contributed by atoms with Crippen LogP contribution in [-0.4, -0.2) is 72.0 Å². The molecule has 0 aromatic heterocycles. The van der Waals surface area contributed by atoms with E-state index in [9.17, 15) is 20.1 Å². The lowest BCUT2D eigenvalue weighted by atomic mass is 9.90. The molecular weight excluding hydrogens is 368 g/mol. The lowest BCUT2D eigenvalue weighted by molar-refractivity contribution is -0.125. The van der Waals surface area contributed by atoms with Gasteiger partial charge in [0.2, 0.25) is 11.8 Å². The van der Waals surface area contributed by atoms with Crippen molar-refractivity contribution < 1.29 is 9.59 Å². The Morgan fingerprint density at radius 3 is 1.45 bits per heavy atom. The van der Waals surface area contributed by atoms with Crippen LogP contribution in [-0.2, 0) is 9.59 Å². The van der Waals surface area contributed by atoms with Gasteiger partial charge < -0.3 is 10.6 Å². The summed E-state index contributed by atoms with van der Waals surface area (Å²) in [5, 5.41) is 24.4. The molecule has 2 unspecified atom stereocenters. The second-order valence-electron chi connectivity index (χ2n) is 8.94. The van der Waals surface area contributed by atoms with Crippen LogP contribution in [0.2, 0.25) is 0 Å². The Morgan fingerprint density at radius 2 is 1.17 bits per heavy atom. The molecule has 1 heterocycles. The maximum atomic E-state index is 12.4. The van der Waals surface area contributed by atoms with E-state index in [1.54, 1.807) is 13.8 Å². The fourth-order valence-corrected chi connectivity index (χ4v) is 3.01. The first kappa shape index (κ1) is 24.9. The van der Waals surface area contributed by atoms with Gasteiger partial charge in [0, 0.05) is 13.1 Å². The third kappa shape index (κ3) is 7.30. The molecule has 1 rings (SSSR count). The molecule has 2 atom stereocenters. The lowest BCUT2D eigenvalue weighted by Crippen LogP contribution is -2.52. The quantitative estimate of drug-likeness (QED) is 0.626. The van der Waals surface area contributed by atoms with Gasteiger partial charge in [-0.25, -0.2) is 0 Å². The van der Waals surface area contributed by atoms with Gasteiger partial charge in [-0.3, -0.25) is 19.4 Å². The predicted molar refractivity (Wildman–Crippen MR) is 111 cm³/mol. The van der Waals surface area contributed by atoms with Crippen LogP contribution < -0.4 is 10.6 Å². The molecule has 162 valence electrons. The minimum atomic E-state index is -0.878. The van der Waals surface area contributed by atoms with E-state index in [0.29, 0.717) is 13.1 Å². The zero-order valence-electron chi connectivity index (χ0n) is 18.7. The third-order valence-electron chi connectivity index (χ3n) is 5.99. The summed E-state index contributed by atoms with van der Waals surface area (Å²) in [5.41, 5.74) is -1.76. The van der Waals surface area contributed by atoms with Crippen molar-refractivity contribution >= 4 is 11.8 Å². The second kappa shape index (κ2) is 10.6. The van der Waals surface area contributed by atoms with Crippen LogP contribution >= 0.6 is 0 Å². The molecule has 1 fully saturated rings. The molecular formula is C21H36N6O2. The van der Waals surface area contributed by atoms with Crippen LogP contribution in [0, 0.1) is 34.5 Å². The summed E-state index contributed by atoms with van der Waals surface area (Å²) >= 11 is 0. The zero-order valence-corrected chi connectivity index (χ0v) is 18.7. The van der Waals surface area contributed by atoms with Crippen molar-refractivity contribution in [3.05, 3.63) is 0 Å². The highest BCUT2D eigenvalue weighted by atomic mass is 16.2. The number of nitriles is 2. The van der Waals surface area contributed by atoms with Crippen molar-refractivity contribution in [2.45, 2.75) is 59.0 Å². The van der Waals surface area contributed by atoms with Crippen molar-refractivity contribution in [2.75, 3.05) is 39.3 Å². The lowest BCUT2D eigenvalue weighted by Gasteiger charge is -2.29. The predicted octanol–water partition coefficient (Wildman–Crippen LogP) is 1.10. The number of carbonyl (C=O) groups excluding carboxylic acids is 2. The van der Waals surface area contributed by atoms with Crippen molar-refractivity contribution in [2.24, 2.45) is 11.8 Å². The van der Waals surface area contributed by atoms with E-state index in [1.807, 2.05) is 27.7 Å². The normalized spacial score (nSPS) is 20.1. The topological polar surface area (TPSA) is 112 Å². The molecule has 2 amide bonds. The van der Waals surface area contributed by atoms with Crippen LogP contribution in [0.1, 0.15) is 48.0 Å². The van der Waals surface area contributed by atoms with E-state index in [4.69, 9.17) is 0 Å². The average Bonchev–Trinajstić information content (AvgIpc) is 2.85. The smallest absolute Gasteiger partial charge is 0.235 e. The molecule has 0 saturated carbocycles. The minimum Gasteiger partial charge on any atom is -0.337 e. The Morgan fingerprint density at radius 1 is 0.828 bits per heavy atom. The molecule has 0 bridgehead atoms. The Kier molecular flexibility index (Phi) is 9.07. The summed E-state index contributed by atoms with van der Waals surface area (Å²) in [6, 6.07) is 4.38. The number of hydrogen-bond donors (Lipinski definition) is 2. The standard InChI is InChI=1S/C21H36N6O2/c1-16(2)20(5,14-22)24-18(28)12-26-8-7-9-27(11-10-26)13-19(29)25-21(6,15-23)17(3)4/h16-17H,7-13H2,1-6H3,(H,24,28)(H,25,29). The van der Waals surface area contributed by atoms with E-state index in [1.165, 1.54) is 0 Å². The van der Waals surface area contributed by atoms with Gasteiger partial charge in [-0.15, -0.1) is 0 Å². The van der Waals surface area contributed by atoms with Crippen molar-refractivity contribution in [3.63, 3.8) is 0 Å². The van der Waals surface area contributed by atoms with Gasteiger partial charge >= 0.3 is 0 Å². The van der Waals surface area contributed by atoms with Crippen molar-refractivity contribution in [1.29, 1.82) is 10.5 Å². The average molecular weight is 405 g/mol. The molecule has 0 aromatic carbocycles. The van der Waals surface area contributed by atoms with E-state index in [0.717, 1.165) is 19.5 Å². The van der Waals surface area contributed by atoms with Gasteiger partial charge in [0.1, 0.15) is 11.1 Å². The molecule has 8 heteroatoms. The van der Waals surface area contributed by atoms with Gasteiger partial charge in [-0.1, -0.05) is 27.7 Å². The molecule has 0 spiro atoms. The number of amides is 2. The summed E-state index contributed by atoms with van der Waals surface area (Å²) in [7, 11) is 0. The van der Waals surface area contributed by atoms with Crippen LogP contribution in [0.25, 0.3) is 0 Å². The van der Waals surface area contributed by atoms with Gasteiger partial charge in [0.15, 0.2) is 0 Å². The summed E-state index contributed by atoms with van der Waals surface area (Å²) in [6.07, 6.45) is 0.847. The molecule has 0 aromatic rings. The molecule has 1 saturated heterocycles. The monoisotopic (exact) mass is 404 g/mol. The Labute approximate surface area is 175 Å². The summed E-state index contributed by atoms with van der Waals surface area (Å²) in [6.45, 7) is 14.5. The van der Waals surface area contributed by atoms with Gasteiger partial charge in [-0.2, -0.15) is 10.5 Å². The highest BCUT2D eigenvalue weighted by molar-refractivity contribution is 5.80. The molecule has 8 nitrogen and oxygen atoms in total. The van der Waals surface area contributed by atoms with Crippen molar-refractivity contribution in [3.8, 4) is 12.1 Å². The fourth-order valence-electron chi connectivity index (χ4n) is 3.01. The number of nitrogens with zero attached hydrogens (tertiary/aromatic N) is 4. The first-order chi connectivity index (χ1) is 13.5. The molecule has 29 heavy (non-hydrogen) atoms. The van der Waals surface area contributed by atoms with Gasteiger partial charge in [0.05, 0.1) is 25.2 Å². The largest absolute Gasteiger partial charge is 0.337 e. The zero-order chi connectivity index (χ0) is 22.2. The Hall–Kier alpha value is -2.16. The van der Waals surface area contributed by atoms with Crippen LogP contribution in [0.4, 0.5) is 0 Å². The van der Waals surface area contributed by atoms with E-state index >= 15 is 0 Å². The maximum absolute atomic E-state index is 12.4. The summed E-state index contributed by atoms with van der Waals surface area (Å²) in [4.78, 5) is 28.9. The number of carbonyl (C=O) groups is 2. The Bertz CT molecular complexity index is 609. The molecule has 1 aliphatic heterocycles.